The van der Waals surface area contributed by atoms with Crippen molar-refractivity contribution in [3.63, 3.8) is 0 Å². The van der Waals surface area contributed by atoms with Crippen molar-refractivity contribution < 1.29 is 9.21 Å². The second-order valence-electron chi connectivity index (χ2n) is 8.07. The number of piperazine rings is 1. The molecule has 0 saturated carbocycles. The van der Waals surface area contributed by atoms with Crippen molar-refractivity contribution in [2.45, 2.75) is 26.8 Å². The van der Waals surface area contributed by atoms with Crippen LogP contribution in [0, 0.1) is 6.92 Å². The fourth-order valence-corrected chi connectivity index (χ4v) is 4.04. The standard InChI is InChI=1S/C25H32N6O2.HI/c1-3-26-25(29-18-22-19(2)20-8-4-5-9-21(20)33-22)28-13-11-24(32)31-16-14-30(15-17-31)23-10-6-7-12-27-23;/h4-10,12H,3,11,13-18H2,1-2H3,(H2,26,28,29);1H. The molecule has 3 heterocycles. The van der Waals surface area contributed by atoms with E-state index in [2.05, 4.69) is 38.5 Å². The number of guanidine groups is 1. The average Bonchev–Trinajstić information content (AvgIpc) is 3.18. The van der Waals surface area contributed by atoms with Crippen molar-refractivity contribution in [3.05, 3.63) is 60.0 Å². The summed E-state index contributed by atoms with van der Waals surface area (Å²) in [6.45, 7) is 8.84. The quantitative estimate of drug-likeness (QED) is 0.254. The number of pyridine rings is 1. The molecule has 2 N–H and O–H groups in total. The second-order valence-corrected chi connectivity index (χ2v) is 8.07. The molecular weight excluding hydrogens is 543 g/mol. The van der Waals surface area contributed by atoms with E-state index in [0.717, 1.165) is 60.8 Å². The van der Waals surface area contributed by atoms with Crippen LogP contribution in [0.1, 0.15) is 24.7 Å². The number of rotatable bonds is 7. The van der Waals surface area contributed by atoms with Crippen molar-refractivity contribution in [1.29, 1.82) is 0 Å². The lowest BCUT2D eigenvalue weighted by Gasteiger charge is -2.35. The lowest BCUT2D eigenvalue weighted by molar-refractivity contribution is -0.131. The maximum atomic E-state index is 12.7. The molecule has 9 heteroatoms. The number of aliphatic imine (C=N–C) groups is 1. The van der Waals surface area contributed by atoms with Gasteiger partial charge in [0.1, 0.15) is 23.7 Å². The number of anilines is 1. The summed E-state index contributed by atoms with van der Waals surface area (Å²) < 4.78 is 5.96. The van der Waals surface area contributed by atoms with E-state index in [1.54, 1.807) is 6.20 Å². The molecule has 0 aliphatic carbocycles. The van der Waals surface area contributed by atoms with E-state index in [9.17, 15) is 4.79 Å². The minimum Gasteiger partial charge on any atom is -0.459 e. The summed E-state index contributed by atoms with van der Waals surface area (Å²) >= 11 is 0. The van der Waals surface area contributed by atoms with Gasteiger partial charge >= 0.3 is 0 Å². The first-order valence-corrected chi connectivity index (χ1v) is 11.6. The third-order valence-corrected chi connectivity index (χ3v) is 5.90. The highest BCUT2D eigenvalue weighted by atomic mass is 127. The van der Waals surface area contributed by atoms with Gasteiger partial charge in [0.05, 0.1) is 0 Å². The van der Waals surface area contributed by atoms with Crippen LogP contribution < -0.4 is 15.5 Å². The van der Waals surface area contributed by atoms with E-state index in [-0.39, 0.29) is 29.9 Å². The Labute approximate surface area is 217 Å². The van der Waals surface area contributed by atoms with Crippen LogP contribution in [0.5, 0.6) is 0 Å². The van der Waals surface area contributed by atoms with E-state index >= 15 is 0 Å². The molecule has 1 amide bonds. The number of carbonyl (C=O) groups is 1. The summed E-state index contributed by atoms with van der Waals surface area (Å²) in [5.74, 6) is 2.67. The maximum absolute atomic E-state index is 12.7. The number of fused-ring (bicyclic) bond motifs is 1. The smallest absolute Gasteiger partial charge is 0.224 e. The SMILES string of the molecule is CCNC(=NCc1oc2ccccc2c1C)NCCC(=O)N1CCN(c2ccccn2)CC1.I. The molecule has 0 atom stereocenters. The van der Waals surface area contributed by atoms with E-state index in [4.69, 9.17) is 4.42 Å². The number of nitrogens with zero attached hydrogens (tertiary/aromatic N) is 4. The van der Waals surface area contributed by atoms with Crippen molar-refractivity contribution >= 4 is 52.6 Å². The van der Waals surface area contributed by atoms with Crippen LogP contribution in [0.4, 0.5) is 5.82 Å². The van der Waals surface area contributed by atoms with Gasteiger partial charge in [-0.2, -0.15) is 0 Å². The maximum Gasteiger partial charge on any atom is 0.224 e. The zero-order valence-corrected chi connectivity index (χ0v) is 22.1. The normalized spacial score (nSPS) is 14.1. The Bertz CT molecular complexity index is 1090. The molecule has 0 spiro atoms. The van der Waals surface area contributed by atoms with Gasteiger partial charge in [0.25, 0.3) is 0 Å². The highest BCUT2D eigenvalue weighted by molar-refractivity contribution is 14.0. The molecule has 4 rings (SSSR count). The van der Waals surface area contributed by atoms with Crippen LogP contribution in [0.2, 0.25) is 0 Å². The summed E-state index contributed by atoms with van der Waals surface area (Å²) in [5, 5.41) is 7.64. The van der Waals surface area contributed by atoms with Crippen molar-refractivity contribution in [1.82, 2.24) is 20.5 Å². The zero-order chi connectivity index (χ0) is 23.0. The van der Waals surface area contributed by atoms with Gasteiger partial charge in [-0.1, -0.05) is 24.3 Å². The van der Waals surface area contributed by atoms with E-state index in [0.29, 0.717) is 25.5 Å². The number of para-hydroxylation sites is 1. The first kappa shape index (κ1) is 25.8. The van der Waals surface area contributed by atoms with Crippen LogP contribution in [-0.2, 0) is 11.3 Å². The van der Waals surface area contributed by atoms with Crippen molar-refractivity contribution in [2.24, 2.45) is 4.99 Å². The number of furan rings is 1. The minimum atomic E-state index is 0. The molecule has 1 aliphatic rings. The van der Waals surface area contributed by atoms with Crippen LogP contribution in [0.25, 0.3) is 11.0 Å². The molecule has 34 heavy (non-hydrogen) atoms. The fraction of sp³-hybridized carbons (Fsp3) is 0.400. The van der Waals surface area contributed by atoms with Crippen LogP contribution in [0.3, 0.4) is 0 Å². The summed E-state index contributed by atoms with van der Waals surface area (Å²) in [7, 11) is 0. The molecule has 8 nitrogen and oxygen atoms in total. The van der Waals surface area contributed by atoms with Crippen LogP contribution in [0.15, 0.2) is 58.1 Å². The molecular formula is C25H33IN6O2. The van der Waals surface area contributed by atoms with Gasteiger partial charge in [0.2, 0.25) is 5.91 Å². The Morgan fingerprint density at radius 1 is 1.09 bits per heavy atom. The Kier molecular flexibility index (Phi) is 9.55. The van der Waals surface area contributed by atoms with E-state index < -0.39 is 0 Å². The fourth-order valence-electron chi connectivity index (χ4n) is 4.04. The van der Waals surface area contributed by atoms with Crippen molar-refractivity contribution in [2.75, 3.05) is 44.2 Å². The largest absolute Gasteiger partial charge is 0.459 e. The lowest BCUT2D eigenvalue weighted by Crippen LogP contribution is -2.49. The Morgan fingerprint density at radius 3 is 2.56 bits per heavy atom. The molecule has 1 aliphatic heterocycles. The van der Waals surface area contributed by atoms with Crippen LogP contribution >= 0.6 is 24.0 Å². The Hall–Kier alpha value is -2.82. The number of aryl methyl sites for hydroxylation is 1. The van der Waals surface area contributed by atoms with E-state index in [1.165, 1.54) is 0 Å². The van der Waals surface area contributed by atoms with Crippen LogP contribution in [-0.4, -0.2) is 61.0 Å². The van der Waals surface area contributed by atoms with Gasteiger partial charge in [-0.25, -0.2) is 9.98 Å². The number of halogens is 1. The highest BCUT2D eigenvalue weighted by Gasteiger charge is 2.21. The first-order chi connectivity index (χ1) is 16.2. The summed E-state index contributed by atoms with van der Waals surface area (Å²) in [6.07, 6.45) is 2.23. The molecule has 2 aromatic heterocycles. The van der Waals surface area contributed by atoms with Gasteiger partial charge in [-0.15, -0.1) is 24.0 Å². The molecule has 1 fully saturated rings. The predicted molar refractivity (Wildman–Crippen MR) is 147 cm³/mol. The number of nitrogens with one attached hydrogen (secondary N) is 2. The Morgan fingerprint density at radius 2 is 1.85 bits per heavy atom. The first-order valence-electron chi connectivity index (χ1n) is 11.6. The second kappa shape index (κ2) is 12.6. The van der Waals surface area contributed by atoms with Gasteiger partial charge < -0.3 is 24.9 Å². The van der Waals surface area contributed by atoms with Gasteiger partial charge in [0.15, 0.2) is 5.96 Å². The average molecular weight is 576 g/mol. The zero-order valence-electron chi connectivity index (χ0n) is 19.8. The number of carbonyl (C=O) groups excluding carboxylic acids is 1. The summed E-state index contributed by atoms with van der Waals surface area (Å²) in [5.41, 5.74) is 2.00. The molecule has 0 bridgehead atoms. The number of hydrogen-bond acceptors (Lipinski definition) is 5. The van der Waals surface area contributed by atoms with Gasteiger partial charge in [-0.3, -0.25) is 4.79 Å². The van der Waals surface area contributed by atoms with Gasteiger partial charge in [0, 0.05) is 62.8 Å². The molecule has 1 aromatic carbocycles. The van der Waals surface area contributed by atoms with E-state index in [1.807, 2.05) is 48.2 Å². The third-order valence-electron chi connectivity index (χ3n) is 5.90. The number of benzene rings is 1. The summed E-state index contributed by atoms with van der Waals surface area (Å²) in [4.78, 5) is 25.9. The Balaban J connectivity index is 0.00000324. The molecule has 0 radical (unpaired) electrons. The highest BCUT2D eigenvalue weighted by Crippen LogP contribution is 2.25. The topological polar surface area (TPSA) is 86.0 Å². The third kappa shape index (κ3) is 6.40. The number of amides is 1. The molecule has 0 unspecified atom stereocenters. The van der Waals surface area contributed by atoms with Crippen molar-refractivity contribution in [3.8, 4) is 0 Å². The summed E-state index contributed by atoms with van der Waals surface area (Å²) in [6, 6.07) is 13.9. The molecule has 3 aromatic rings. The minimum absolute atomic E-state index is 0. The van der Waals surface area contributed by atoms with Gasteiger partial charge in [-0.05, 0) is 32.0 Å². The predicted octanol–water partition coefficient (Wildman–Crippen LogP) is 3.55. The molecule has 182 valence electrons. The molecule has 1 saturated heterocycles. The number of aromatic nitrogens is 1. The monoisotopic (exact) mass is 576 g/mol. The lowest BCUT2D eigenvalue weighted by atomic mass is 10.1. The number of hydrogen-bond donors (Lipinski definition) is 2.